The molecule has 1 N–H and O–H groups in total. The summed E-state index contributed by atoms with van der Waals surface area (Å²) in [5.41, 5.74) is 2.06. The number of halogens is 1. The van der Waals surface area contributed by atoms with Crippen LogP contribution in [-0.2, 0) is 11.3 Å². The minimum Gasteiger partial charge on any atom is -0.383 e. The Hall–Kier alpha value is -1.17. The molecule has 0 saturated carbocycles. The molecule has 2 aromatic rings. The highest BCUT2D eigenvalue weighted by Crippen LogP contribution is 2.25. The van der Waals surface area contributed by atoms with Crippen LogP contribution >= 0.6 is 15.9 Å². The van der Waals surface area contributed by atoms with Crippen molar-refractivity contribution in [2.45, 2.75) is 6.54 Å². The third kappa shape index (κ3) is 3.41. The summed E-state index contributed by atoms with van der Waals surface area (Å²) in [4.78, 5) is 0. The Morgan fingerprint density at radius 3 is 3.11 bits per heavy atom. The zero-order valence-electron chi connectivity index (χ0n) is 10.1. The lowest BCUT2D eigenvalue weighted by Crippen LogP contribution is -2.18. The maximum Gasteiger partial charge on any atom is 0.171 e. The number of rotatable bonds is 6. The van der Waals surface area contributed by atoms with E-state index in [4.69, 9.17) is 9.26 Å². The van der Waals surface area contributed by atoms with Gasteiger partial charge in [-0.1, -0.05) is 33.2 Å². The molecule has 0 fully saturated rings. The molecule has 0 unspecified atom stereocenters. The van der Waals surface area contributed by atoms with Gasteiger partial charge >= 0.3 is 0 Å². The summed E-state index contributed by atoms with van der Waals surface area (Å²) >= 11 is 3.45. The lowest BCUT2D eigenvalue weighted by molar-refractivity contribution is 0.199. The van der Waals surface area contributed by atoms with Crippen LogP contribution in [0, 0.1) is 0 Å². The van der Waals surface area contributed by atoms with Crippen molar-refractivity contribution in [2.24, 2.45) is 0 Å². The average molecular weight is 311 g/mol. The van der Waals surface area contributed by atoms with Crippen molar-refractivity contribution < 1.29 is 9.26 Å². The predicted molar refractivity (Wildman–Crippen MR) is 73.2 cm³/mol. The van der Waals surface area contributed by atoms with Gasteiger partial charge in [0.05, 0.1) is 12.8 Å². The molecule has 0 aliphatic carbocycles. The molecule has 0 bridgehead atoms. The van der Waals surface area contributed by atoms with Gasteiger partial charge < -0.3 is 14.6 Å². The topological polar surface area (TPSA) is 47.3 Å². The smallest absolute Gasteiger partial charge is 0.171 e. The summed E-state index contributed by atoms with van der Waals surface area (Å²) in [6.45, 7) is 2.21. The minimum absolute atomic E-state index is 0.692. The summed E-state index contributed by atoms with van der Waals surface area (Å²) < 4.78 is 11.3. The van der Waals surface area contributed by atoms with E-state index in [0.717, 1.165) is 27.9 Å². The second-order valence-corrected chi connectivity index (χ2v) is 4.78. The number of ether oxygens (including phenoxy) is 1. The monoisotopic (exact) mass is 310 g/mol. The summed E-state index contributed by atoms with van der Waals surface area (Å²) in [7, 11) is 1.69. The number of aromatic nitrogens is 1. The molecule has 0 aliphatic heterocycles. The molecule has 0 amide bonds. The van der Waals surface area contributed by atoms with E-state index in [9.17, 15) is 0 Å². The molecular weight excluding hydrogens is 296 g/mol. The Kier molecular flexibility index (Phi) is 4.92. The van der Waals surface area contributed by atoms with Crippen molar-refractivity contribution in [1.29, 1.82) is 0 Å². The first-order chi connectivity index (χ1) is 8.81. The summed E-state index contributed by atoms with van der Waals surface area (Å²) in [5.74, 6) is 0.807. The molecule has 18 heavy (non-hydrogen) atoms. The quantitative estimate of drug-likeness (QED) is 0.833. The number of benzene rings is 1. The molecule has 0 saturated heterocycles. The first-order valence-corrected chi connectivity index (χ1v) is 6.49. The van der Waals surface area contributed by atoms with Crippen LogP contribution in [0.5, 0.6) is 0 Å². The Bertz CT molecular complexity index is 499. The SMILES string of the molecule is COCCNCc1cnoc1-c1cccc(Br)c1. The van der Waals surface area contributed by atoms with E-state index in [1.807, 2.05) is 24.3 Å². The van der Waals surface area contributed by atoms with Gasteiger partial charge in [0.2, 0.25) is 0 Å². The van der Waals surface area contributed by atoms with E-state index in [-0.39, 0.29) is 0 Å². The Morgan fingerprint density at radius 1 is 1.44 bits per heavy atom. The van der Waals surface area contributed by atoms with Crippen molar-refractivity contribution in [1.82, 2.24) is 10.5 Å². The summed E-state index contributed by atoms with van der Waals surface area (Å²) in [6.07, 6.45) is 1.75. The fourth-order valence-corrected chi connectivity index (χ4v) is 2.05. The van der Waals surface area contributed by atoms with Gasteiger partial charge in [-0.3, -0.25) is 0 Å². The van der Waals surface area contributed by atoms with Crippen LogP contribution in [0.3, 0.4) is 0 Å². The molecule has 0 aliphatic rings. The number of hydrogen-bond acceptors (Lipinski definition) is 4. The highest BCUT2D eigenvalue weighted by Gasteiger charge is 2.10. The van der Waals surface area contributed by atoms with Crippen molar-refractivity contribution >= 4 is 15.9 Å². The predicted octanol–water partition coefficient (Wildman–Crippen LogP) is 2.84. The van der Waals surface area contributed by atoms with Gasteiger partial charge in [0, 0.05) is 35.8 Å². The van der Waals surface area contributed by atoms with Crippen LogP contribution in [0.1, 0.15) is 5.56 Å². The number of methoxy groups -OCH3 is 1. The van der Waals surface area contributed by atoms with Crippen LogP contribution < -0.4 is 5.32 Å². The molecule has 4 nitrogen and oxygen atoms in total. The van der Waals surface area contributed by atoms with E-state index in [1.165, 1.54) is 0 Å². The standard InChI is InChI=1S/C13H15BrN2O2/c1-17-6-5-15-8-11-9-16-18-13(11)10-3-2-4-12(14)7-10/h2-4,7,9,15H,5-6,8H2,1H3. The van der Waals surface area contributed by atoms with Crippen LogP contribution in [0.15, 0.2) is 39.5 Å². The zero-order chi connectivity index (χ0) is 12.8. The van der Waals surface area contributed by atoms with E-state index in [1.54, 1.807) is 13.3 Å². The molecule has 0 atom stereocenters. The fourth-order valence-electron chi connectivity index (χ4n) is 1.65. The van der Waals surface area contributed by atoms with Gasteiger partial charge in [-0.2, -0.15) is 0 Å². The zero-order valence-corrected chi connectivity index (χ0v) is 11.7. The van der Waals surface area contributed by atoms with Gasteiger partial charge in [0.25, 0.3) is 0 Å². The molecule has 1 aromatic carbocycles. The summed E-state index contributed by atoms with van der Waals surface area (Å²) in [6, 6.07) is 7.98. The first-order valence-electron chi connectivity index (χ1n) is 5.70. The van der Waals surface area contributed by atoms with Crippen LogP contribution in [0.25, 0.3) is 11.3 Å². The van der Waals surface area contributed by atoms with Gasteiger partial charge in [0.1, 0.15) is 0 Å². The van der Waals surface area contributed by atoms with Crippen molar-refractivity contribution in [3.05, 3.63) is 40.5 Å². The van der Waals surface area contributed by atoms with E-state index < -0.39 is 0 Å². The lowest BCUT2D eigenvalue weighted by Gasteiger charge is -2.04. The van der Waals surface area contributed by atoms with E-state index in [2.05, 4.69) is 26.4 Å². The second-order valence-electron chi connectivity index (χ2n) is 3.86. The van der Waals surface area contributed by atoms with Crippen molar-refractivity contribution in [3.8, 4) is 11.3 Å². The third-order valence-electron chi connectivity index (χ3n) is 2.53. The van der Waals surface area contributed by atoms with Crippen LogP contribution in [0.2, 0.25) is 0 Å². The fraction of sp³-hybridized carbons (Fsp3) is 0.308. The van der Waals surface area contributed by atoms with E-state index in [0.29, 0.717) is 13.2 Å². The summed E-state index contributed by atoms with van der Waals surface area (Å²) in [5, 5.41) is 7.14. The van der Waals surface area contributed by atoms with Gasteiger partial charge in [-0.05, 0) is 12.1 Å². The number of nitrogens with one attached hydrogen (secondary N) is 1. The number of hydrogen-bond donors (Lipinski definition) is 1. The highest BCUT2D eigenvalue weighted by molar-refractivity contribution is 9.10. The second kappa shape index (κ2) is 6.68. The highest BCUT2D eigenvalue weighted by atomic mass is 79.9. The maximum absolute atomic E-state index is 5.32. The molecule has 96 valence electrons. The average Bonchev–Trinajstić information content (AvgIpc) is 2.83. The van der Waals surface area contributed by atoms with Crippen molar-refractivity contribution in [3.63, 3.8) is 0 Å². The van der Waals surface area contributed by atoms with E-state index >= 15 is 0 Å². The normalized spacial score (nSPS) is 10.8. The lowest BCUT2D eigenvalue weighted by atomic mass is 10.1. The largest absolute Gasteiger partial charge is 0.383 e. The van der Waals surface area contributed by atoms with Gasteiger partial charge in [-0.25, -0.2) is 0 Å². The molecular formula is C13H15BrN2O2. The molecule has 1 aromatic heterocycles. The molecule has 0 radical (unpaired) electrons. The first kappa shape index (κ1) is 13.3. The maximum atomic E-state index is 5.32. The Morgan fingerprint density at radius 2 is 2.33 bits per heavy atom. The van der Waals surface area contributed by atoms with Crippen molar-refractivity contribution in [2.75, 3.05) is 20.3 Å². The molecule has 2 rings (SSSR count). The van der Waals surface area contributed by atoms with Crippen LogP contribution in [-0.4, -0.2) is 25.4 Å². The minimum atomic E-state index is 0.692. The Labute approximate surface area is 114 Å². The molecule has 5 heteroatoms. The Balaban J connectivity index is 2.08. The number of nitrogens with zero attached hydrogens (tertiary/aromatic N) is 1. The van der Waals surface area contributed by atoms with Gasteiger partial charge in [-0.15, -0.1) is 0 Å². The molecule has 1 heterocycles. The molecule has 0 spiro atoms. The van der Waals surface area contributed by atoms with Gasteiger partial charge in [0.15, 0.2) is 5.76 Å². The third-order valence-corrected chi connectivity index (χ3v) is 3.02. The van der Waals surface area contributed by atoms with Crippen LogP contribution in [0.4, 0.5) is 0 Å².